The molecule has 142 valence electrons. The van der Waals surface area contributed by atoms with Gasteiger partial charge in [-0.05, 0) is 35.9 Å². The average Bonchev–Trinajstić information content (AvgIpc) is 2.99. The van der Waals surface area contributed by atoms with Crippen LogP contribution in [0.1, 0.15) is 18.0 Å². The van der Waals surface area contributed by atoms with Crippen molar-refractivity contribution in [3.63, 3.8) is 0 Å². The summed E-state index contributed by atoms with van der Waals surface area (Å²) in [6.07, 6.45) is 0.274. The molecular weight excluding hydrogens is 367 g/mol. The van der Waals surface area contributed by atoms with Crippen molar-refractivity contribution in [2.24, 2.45) is 0 Å². The minimum atomic E-state index is -3.12. The molecular formula is C23H23N2O2P. The highest BCUT2D eigenvalue weighted by atomic mass is 31.2. The van der Waals surface area contributed by atoms with Gasteiger partial charge in [0, 0.05) is 30.4 Å². The fourth-order valence-corrected chi connectivity index (χ4v) is 7.10. The Morgan fingerprint density at radius 2 is 1.46 bits per heavy atom. The highest BCUT2D eigenvalue weighted by Crippen LogP contribution is 2.60. The number of carbonyl (C=O) groups is 1. The SMILES string of the molecule is CN(C)C(=O)CC1c2ccccc2P(=O)(c2ccccc2)N1c1ccccc1. The van der Waals surface area contributed by atoms with Gasteiger partial charge in [0.2, 0.25) is 13.2 Å². The molecule has 0 saturated heterocycles. The second kappa shape index (κ2) is 7.29. The van der Waals surface area contributed by atoms with Gasteiger partial charge < -0.3 is 9.57 Å². The molecule has 0 radical (unpaired) electrons. The van der Waals surface area contributed by atoms with Crippen molar-refractivity contribution in [3.05, 3.63) is 90.5 Å². The van der Waals surface area contributed by atoms with Crippen LogP contribution >= 0.6 is 7.29 Å². The number of fused-ring (bicyclic) bond motifs is 1. The van der Waals surface area contributed by atoms with Crippen LogP contribution in [-0.4, -0.2) is 24.9 Å². The summed E-state index contributed by atoms with van der Waals surface area (Å²) >= 11 is 0. The first kappa shape index (κ1) is 18.5. The molecule has 5 heteroatoms. The molecule has 28 heavy (non-hydrogen) atoms. The van der Waals surface area contributed by atoms with Crippen molar-refractivity contribution < 1.29 is 9.36 Å². The minimum Gasteiger partial charge on any atom is -0.349 e. The summed E-state index contributed by atoms with van der Waals surface area (Å²) in [6, 6.07) is 26.9. The molecule has 3 aromatic rings. The number of hydrogen-bond acceptors (Lipinski definition) is 2. The predicted molar refractivity (Wildman–Crippen MR) is 115 cm³/mol. The van der Waals surface area contributed by atoms with Crippen LogP contribution in [0.25, 0.3) is 0 Å². The fourth-order valence-electron chi connectivity index (χ4n) is 3.85. The first-order valence-corrected chi connectivity index (χ1v) is 11.0. The lowest BCUT2D eigenvalue weighted by molar-refractivity contribution is -0.129. The molecule has 2 atom stereocenters. The first-order chi connectivity index (χ1) is 13.5. The maximum Gasteiger partial charge on any atom is 0.230 e. The van der Waals surface area contributed by atoms with Gasteiger partial charge in [0.05, 0.1) is 12.5 Å². The summed E-state index contributed by atoms with van der Waals surface area (Å²) < 4.78 is 16.7. The standard InChI is InChI=1S/C23H23N2O2P/c1-24(2)23(26)17-21-20-15-9-10-16-22(20)28(27,19-13-7-4-8-14-19)25(21)18-11-5-3-6-12-18/h3-16,21H,17H2,1-2H3. The number of nitrogens with zero attached hydrogens (tertiary/aromatic N) is 2. The minimum absolute atomic E-state index is 0.0160. The zero-order chi connectivity index (χ0) is 19.7. The van der Waals surface area contributed by atoms with Gasteiger partial charge >= 0.3 is 0 Å². The lowest BCUT2D eigenvalue weighted by atomic mass is 10.0. The number of anilines is 1. The molecule has 0 aromatic heterocycles. The molecule has 1 amide bonds. The molecule has 0 fully saturated rings. The van der Waals surface area contributed by atoms with E-state index in [1.54, 1.807) is 19.0 Å². The smallest absolute Gasteiger partial charge is 0.230 e. The maximum atomic E-state index is 14.7. The Hall–Kier alpha value is -2.84. The lowest BCUT2D eigenvalue weighted by Crippen LogP contribution is -2.31. The predicted octanol–water partition coefficient (Wildman–Crippen LogP) is 3.96. The number of rotatable bonds is 4. The number of amides is 1. The summed E-state index contributed by atoms with van der Waals surface area (Å²) in [4.78, 5) is 14.2. The van der Waals surface area contributed by atoms with Crippen molar-refractivity contribution in [2.75, 3.05) is 18.8 Å². The van der Waals surface area contributed by atoms with Crippen molar-refractivity contribution in [3.8, 4) is 0 Å². The highest BCUT2D eigenvalue weighted by Gasteiger charge is 2.48. The second-order valence-electron chi connectivity index (χ2n) is 7.16. The molecule has 0 N–H and O–H groups in total. The second-order valence-corrected chi connectivity index (χ2v) is 9.74. The molecule has 0 bridgehead atoms. The van der Waals surface area contributed by atoms with E-state index in [0.717, 1.165) is 21.9 Å². The van der Waals surface area contributed by atoms with E-state index in [0.29, 0.717) is 0 Å². The average molecular weight is 390 g/mol. The number of carbonyl (C=O) groups excluding carboxylic acids is 1. The summed E-state index contributed by atoms with van der Waals surface area (Å²) in [5, 5.41) is 1.60. The fraction of sp³-hybridized carbons (Fsp3) is 0.174. The molecule has 1 heterocycles. The Bertz CT molecular complexity index is 1030. The van der Waals surface area contributed by atoms with E-state index < -0.39 is 7.29 Å². The van der Waals surface area contributed by atoms with E-state index in [1.807, 2.05) is 89.6 Å². The Balaban J connectivity index is 1.96. The number of para-hydroxylation sites is 1. The van der Waals surface area contributed by atoms with E-state index in [-0.39, 0.29) is 18.4 Å². The zero-order valence-electron chi connectivity index (χ0n) is 16.0. The summed E-state index contributed by atoms with van der Waals surface area (Å²) in [7, 11) is 0.389. The summed E-state index contributed by atoms with van der Waals surface area (Å²) in [5.74, 6) is 0.0160. The van der Waals surface area contributed by atoms with Crippen molar-refractivity contribution in [1.82, 2.24) is 4.90 Å². The van der Waals surface area contributed by atoms with Crippen molar-refractivity contribution in [1.29, 1.82) is 0 Å². The Morgan fingerprint density at radius 1 is 0.893 bits per heavy atom. The normalized spacial score (nSPS) is 20.6. The quantitative estimate of drug-likeness (QED) is 0.634. The summed E-state index contributed by atoms with van der Waals surface area (Å²) in [6.45, 7) is 0. The van der Waals surface area contributed by atoms with Crippen LogP contribution in [0.4, 0.5) is 5.69 Å². The van der Waals surface area contributed by atoms with Gasteiger partial charge in [0.25, 0.3) is 0 Å². The highest BCUT2D eigenvalue weighted by molar-refractivity contribution is 7.80. The van der Waals surface area contributed by atoms with E-state index in [1.165, 1.54) is 0 Å². The third kappa shape index (κ3) is 2.94. The number of benzene rings is 3. The van der Waals surface area contributed by atoms with Crippen molar-refractivity contribution in [2.45, 2.75) is 12.5 Å². The monoisotopic (exact) mass is 390 g/mol. The van der Waals surface area contributed by atoms with Gasteiger partial charge in [-0.15, -0.1) is 0 Å². The molecule has 2 unspecified atom stereocenters. The largest absolute Gasteiger partial charge is 0.349 e. The third-order valence-electron chi connectivity index (χ3n) is 5.21. The van der Waals surface area contributed by atoms with Gasteiger partial charge in [-0.3, -0.25) is 9.36 Å². The Labute approximate surface area is 165 Å². The molecule has 4 nitrogen and oxygen atoms in total. The molecule has 3 aromatic carbocycles. The maximum absolute atomic E-state index is 14.7. The van der Waals surface area contributed by atoms with Crippen LogP contribution < -0.4 is 15.3 Å². The van der Waals surface area contributed by atoms with Gasteiger partial charge in [-0.25, -0.2) is 0 Å². The first-order valence-electron chi connectivity index (χ1n) is 9.33. The van der Waals surface area contributed by atoms with Gasteiger partial charge in [0.15, 0.2) is 0 Å². The van der Waals surface area contributed by atoms with E-state index >= 15 is 0 Å². The van der Waals surface area contributed by atoms with Crippen LogP contribution in [0.5, 0.6) is 0 Å². The van der Waals surface area contributed by atoms with Gasteiger partial charge in [-0.1, -0.05) is 54.6 Å². The van der Waals surface area contributed by atoms with Crippen LogP contribution in [-0.2, 0) is 9.36 Å². The van der Waals surface area contributed by atoms with Gasteiger partial charge in [-0.2, -0.15) is 0 Å². The lowest BCUT2D eigenvalue weighted by Gasteiger charge is -2.33. The van der Waals surface area contributed by atoms with E-state index in [2.05, 4.69) is 0 Å². The van der Waals surface area contributed by atoms with Gasteiger partial charge in [0.1, 0.15) is 0 Å². The Kier molecular flexibility index (Phi) is 4.82. The molecule has 0 spiro atoms. The van der Waals surface area contributed by atoms with Crippen molar-refractivity contribution >= 4 is 29.5 Å². The van der Waals surface area contributed by atoms with Crippen LogP contribution in [0.15, 0.2) is 84.9 Å². The zero-order valence-corrected chi connectivity index (χ0v) is 16.9. The molecule has 4 rings (SSSR count). The molecule has 0 aliphatic carbocycles. The molecule has 1 aliphatic heterocycles. The topological polar surface area (TPSA) is 40.6 Å². The molecule has 0 saturated carbocycles. The summed E-state index contributed by atoms with van der Waals surface area (Å²) in [5.41, 5.74) is 1.83. The van der Waals surface area contributed by atoms with Crippen LogP contribution in [0.3, 0.4) is 0 Å². The van der Waals surface area contributed by atoms with Crippen LogP contribution in [0, 0.1) is 0 Å². The van der Waals surface area contributed by atoms with Crippen LogP contribution in [0.2, 0.25) is 0 Å². The third-order valence-corrected chi connectivity index (χ3v) is 8.39. The number of hydrogen-bond donors (Lipinski definition) is 0. The molecule has 1 aliphatic rings. The van der Waals surface area contributed by atoms with E-state index in [4.69, 9.17) is 0 Å². The Morgan fingerprint density at radius 3 is 2.11 bits per heavy atom. The van der Waals surface area contributed by atoms with E-state index in [9.17, 15) is 9.36 Å².